The number of carbonyl (C=O) groups is 2. The van der Waals surface area contributed by atoms with E-state index in [1.807, 2.05) is 34.6 Å². The molecular formula is C19H33N5O3S. The van der Waals surface area contributed by atoms with Crippen LogP contribution in [0.3, 0.4) is 0 Å². The Morgan fingerprint density at radius 1 is 1.18 bits per heavy atom. The van der Waals surface area contributed by atoms with Gasteiger partial charge in [0.2, 0.25) is 5.13 Å². The number of ether oxygens (including phenoxy) is 1. The summed E-state index contributed by atoms with van der Waals surface area (Å²) in [5, 5.41) is 18.0. The number of hydrogen-bond donors (Lipinski definition) is 3. The number of amides is 3. The smallest absolute Gasteiger partial charge is 0.407 e. The van der Waals surface area contributed by atoms with Gasteiger partial charge in [0, 0.05) is 12.5 Å². The van der Waals surface area contributed by atoms with Crippen molar-refractivity contribution in [2.24, 2.45) is 5.92 Å². The first-order valence-corrected chi connectivity index (χ1v) is 10.8. The summed E-state index contributed by atoms with van der Waals surface area (Å²) in [5.74, 6) is 0.596. The highest BCUT2D eigenvalue weighted by molar-refractivity contribution is 7.15. The average molecular weight is 412 g/mol. The molecule has 0 spiro atoms. The van der Waals surface area contributed by atoms with E-state index in [9.17, 15) is 9.59 Å². The van der Waals surface area contributed by atoms with E-state index < -0.39 is 11.7 Å². The molecule has 9 heteroatoms. The number of anilines is 1. The molecule has 1 aromatic heterocycles. The van der Waals surface area contributed by atoms with E-state index in [1.165, 1.54) is 17.8 Å². The van der Waals surface area contributed by atoms with Gasteiger partial charge >= 0.3 is 12.1 Å². The minimum Gasteiger partial charge on any atom is -0.444 e. The lowest BCUT2D eigenvalue weighted by Gasteiger charge is -2.31. The van der Waals surface area contributed by atoms with Gasteiger partial charge in [-0.1, -0.05) is 44.4 Å². The zero-order valence-corrected chi connectivity index (χ0v) is 18.3. The SMILES string of the molecule is CC(C)c1nnc(NC(=O)NC(CNC(=O)OC(C)(C)C)C2CCCCC2)s1. The molecule has 0 bridgehead atoms. The summed E-state index contributed by atoms with van der Waals surface area (Å²) in [5.41, 5.74) is -0.554. The van der Waals surface area contributed by atoms with Crippen LogP contribution in [0.4, 0.5) is 14.7 Å². The van der Waals surface area contributed by atoms with Gasteiger partial charge in [-0.15, -0.1) is 10.2 Å². The lowest BCUT2D eigenvalue weighted by Crippen LogP contribution is -2.50. The van der Waals surface area contributed by atoms with Crippen LogP contribution in [-0.2, 0) is 4.74 Å². The molecule has 0 radical (unpaired) electrons. The van der Waals surface area contributed by atoms with Crippen LogP contribution >= 0.6 is 11.3 Å². The van der Waals surface area contributed by atoms with E-state index in [4.69, 9.17) is 4.74 Å². The maximum absolute atomic E-state index is 12.5. The Morgan fingerprint density at radius 2 is 1.86 bits per heavy atom. The van der Waals surface area contributed by atoms with Crippen molar-refractivity contribution in [2.45, 2.75) is 84.3 Å². The third-order valence-electron chi connectivity index (χ3n) is 4.56. The first-order valence-electron chi connectivity index (χ1n) is 10.0. The summed E-state index contributed by atoms with van der Waals surface area (Å²) >= 11 is 1.37. The van der Waals surface area contributed by atoms with Gasteiger partial charge in [-0.05, 0) is 39.5 Å². The molecule has 1 fully saturated rings. The molecule has 1 aromatic rings. The maximum Gasteiger partial charge on any atom is 0.407 e. The fourth-order valence-corrected chi connectivity index (χ4v) is 3.94. The molecular weight excluding hydrogens is 378 g/mol. The third kappa shape index (κ3) is 7.61. The van der Waals surface area contributed by atoms with Gasteiger partial charge in [0.25, 0.3) is 0 Å². The highest BCUT2D eigenvalue weighted by Gasteiger charge is 2.27. The first kappa shape index (κ1) is 22.4. The minimum atomic E-state index is -0.554. The van der Waals surface area contributed by atoms with Crippen LogP contribution in [0.2, 0.25) is 0 Å². The lowest BCUT2D eigenvalue weighted by atomic mass is 9.84. The van der Waals surface area contributed by atoms with Crippen LogP contribution in [-0.4, -0.2) is 40.5 Å². The van der Waals surface area contributed by atoms with Gasteiger partial charge in [0.05, 0.1) is 6.04 Å². The molecule has 1 atom stereocenters. The molecule has 0 aliphatic heterocycles. The molecule has 8 nitrogen and oxygen atoms in total. The monoisotopic (exact) mass is 411 g/mol. The zero-order chi connectivity index (χ0) is 20.7. The predicted octanol–water partition coefficient (Wildman–Crippen LogP) is 4.26. The van der Waals surface area contributed by atoms with Gasteiger partial charge in [-0.25, -0.2) is 9.59 Å². The van der Waals surface area contributed by atoms with Crippen molar-refractivity contribution < 1.29 is 14.3 Å². The summed E-state index contributed by atoms with van der Waals surface area (Å²) in [6.07, 6.45) is 5.11. The number of carbonyl (C=O) groups excluding carboxylic acids is 2. The molecule has 3 N–H and O–H groups in total. The van der Waals surface area contributed by atoms with Crippen LogP contribution in [0.15, 0.2) is 0 Å². The fraction of sp³-hybridized carbons (Fsp3) is 0.789. The lowest BCUT2D eigenvalue weighted by molar-refractivity contribution is 0.0516. The second-order valence-corrected chi connectivity index (χ2v) is 9.60. The van der Waals surface area contributed by atoms with Crippen molar-refractivity contribution >= 4 is 28.6 Å². The Hall–Kier alpha value is -1.90. The Morgan fingerprint density at radius 3 is 2.43 bits per heavy atom. The van der Waals surface area contributed by atoms with Crippen molar-refractivity contribution in [3.05, 3.63) is 5.01 Å². The van der Waals surface area contributed by atoms with Crippen LogP contribution in [0, 0.1) is 5.92 Å². The number of nitrogens with one attached hydrogen (secondary N) is 3. The van der Waals surface area contributed by atoms with Gasteiger partial charge in [0.15, 0.2) is 0 Å². The van der Waals surface area contributed by atoms with E-state index in [0.717, 1.165) is 30.7 Å². The summed E-state index contributed by atoms with van der Waals surface area (Å²) in [6, 6.07) is -0.488. The van der Waals surface area contributed by atoms with Crippen molar-refractivity contribution in [1.82, 2.24) is 20.8 Å². The van der Waals surface area contributed by atoms with Crippen LogP contribution in [0.5, 0.6) is 0 Å². The third-order valence-corrected chi connectivity index (χ3v) is 5.69. The predicted molar refractivity (Wildman–Crippen MR) is 111 cm³/mol. The molecule has 28 heavy (non-hydrogen) atoms. The molecule has 2 rings (SSSR count). The van der Waals surface area contributed by atoms with Crippen molar-refractivity contribution in [3.8, 4) is 0 Å². The molecule has 0 aromatic carbocycles. The number of hydrogen-bond acceptors (Lipinski definition) is 6. The van der Waals surface area contributed by atoms with Gasteiger partial charge in [0.1, 0.15) is 10.6 Å². The van der Waals surface area contributed by atoms with E-state index in [0.29, 0.717) is 17.6 Å². The standard InChI is InChI=1S/C19H33N5O3S/c1-12(2)15-23-24-17(28-15)22-16(25)21-14(13-9-7-6-8-10-13)11-20-18(26)27-19(3,4)5/h12-14H,6-11H2,1-5H3,(H,20,26)(H2,21,22,24,25). The summed E-state index contributed by atoms with van der Waals surface area (Å²) in [4.78, 5) is 24.5. The van der Waals surface area contributed by atoms with Crippen LogP contribution in [0.1, 0.15) is 77.6 Å². The van der Waals surface area contributed by atoms with E-state index in [1.54, 1.807) is 0 Å². The second kappa shape index (κ2) is 10.0. The Labute approximate surface area is 171 Å². The number of nitrogens with zero attached hydrogens (tertiary/aromatic N) is 2. The largest absolute Gasteiger partial charge is 0.444 e. The minimum absolute atomic E-state index is 0.162. The molecule has 1 heterocycles. The summed E-state index contributed by atoms with van der Waals surface area (Å²) in [6.45, 7) is 9.87. The van der Waals surface area contributed by atoms with E-state index in [2.05, 4.69) is 26.1 Å². The number of rotatable bonds is 6. The number of aromatic nitrogens is 2. The van der Waals surface area contributed by atoms with Gasteiger partial charge in [-0.3, -0.25) is 5.32 Å². The van der Waals surface area contributed by atoms with Crippen LogP contribution in [0.25, 0.3) is 0 Å². The number of urea groups is 1. The molecule has 1 saturated carbocycles. The Bertz CT molecular complexity index is 650. The topological polar surface area (TPSA) is 105 Å². The second-order valence-electron chi connectivity index (χ2n) is 8.59. The summed E-state index contributed by atoms with van der Waals surface area (Å²) in [7, 11) is 0. The molecule has 3 amide bonds. The van der Waals surface area contributed by atoms with Crippen LogP contribution < -0.4 is 16.0 Å². The van der Waals surface area contributed by atoms with Gasteiger partial charge in [-0.2, -0.15) is 0 Å². The Balaban J connectivity index is 1.94. The number of alkyl carbamates (subject to hydrolysis) is 1. The molecule has 1 unspecified atom stereocenters. The van der Waals surface area contributed by atoms with E-state index in [-0.39, 0.29) is 18.0 Å². The van der Waals surface area contributed by atoms with Gasteiger partial charge < -0.3 is 15.4 Å². The van der Waals surface area contributed by atoms with Crippen molar-refractivity contribution in [3.63, 3.8) is 0 Å². The zero-order valence-electron chi connectivity index (χ0n) is 17.5. The average Bonchev–Trinajstić information content (AvgIpc) is 3.06. The quantitative estimate of drug-likeness (QED) is 0.649. The van der Waals surface area contributed by atoms with Crippen molar-refractivity contribution in [2.75, 3.05) is 11.9 Å². The summed E-state index contributed by atoms with van der Waals surface area (Å²) < 4.78 is 5.31. The highest BCUT2D eigenvalue weighted by atomic mass is 32.1. The van der Waals surface area contributed by atoms with E-state index >= 15 is 0 Å². The molecule has 1 aliphatic carbocycles. The van der Waals surface area contributed by atoms with Crippen molar-refractivity contribution in [1.29, 1.82) is 0 Å². The maximum atomic E-state index is 12.5. The normalized spacial score (nSPS) is 16.5. The molecule has 1 aliphatic rings. The Kier molecular flexibility index (Phi) is 8.03. The first-order chi connectivity index (χ1) is 13.1. The fourth-order valence-electron chi connectivity index (χ4n) is 3.20. The highest BCUT2D eigenvalue weighted by Crippen LogP contribution is 2.27. The molecule has 158 valence electrons. The molecule has 0 saturated heterocycles.